The zero-order valence-electron chi connectivity index (χ0n) is 33.8. The first kappa shape index (κ1) is 50.0. The number of phosphoric acid groups is 1. The molecule has 302 valence electrons. The van der Waals surface area contributed by atoms with E-state index in [0.717, 1.165) is 83.5 Å². The van der Waals surface area contributed by atoms with Crippen molar-refractivity contribution in [1.29, 1.82) is 0 Å². The number of carbonyl (C=O) groups is 2. The molecule has 0 spiro atoms. The van der Waals surface area contributed by atoms with Gasteiger partial charge in [0, 0.05) is 12.8 Å². The maximum Gasteiger partial charge on any atom is 0.472 e. The van der Waals surface area contributed by atoms with Gasteiger partial charge in [-0.2, -0.15) is 0 Å². The Balaban J connectivity index is 4.45. The molecule has 0 fully saturated rings. The number of phosphoric ester groups is 1. The second kappa shape index (κ2) is 34.7. The van der Waals surface area contributed by atoms with Crippen LogP contribution in [-0.2, 0) is 32.7 Å². The van der Waals surface area contributed by atoms with Crippen molar-refractivity contribution in [1.82, 2.24) is 0 Å². The van der Waals surface area contributed by atoms with Crippen LogP contribution in [0.25, 0.3) is 0 Å². The van der Waals surface area contributed by atoms with Crippen molar-refractivity contribution < 1.29 is 42.1 Å². The Morgan fingerprint density at radius 2 is 1.10 bits per heavy atom. The van der Waals surface area contributed by atoms with E-state index in [1.54, 1.807) is 0 Å². The third-order valence-corrected chi connectivity index (χ3v) is 9.33. The summed E-state index contributed by atoms with van der Waals surface area (Å²) in [6, 6.07) is 0. The highest BCUT2D eigenvalue weighted by atomic mass is 31.2. The molecule has 0 bridgehead atoms. The summed E-state index contributed by atoms with van der Waals surface area (Å²) in [6.07, 6.45) is 38.7. The lowest BCUT2D eigenvalue weighted by atomic mass is 10.1. The fourth-order valence-electron chi connectivity index (χ4n) is 5.14. The quantitative estimate of drug-likeness (QED) is 0.0221. The molecule has 0 rings (SSSR count). The molecule has 0 aromatic heterocycles. The first-order valence-electron chi connectivity index (χ1n) is 20.4. The molecule has 52 heavy (non-hydrogen) atoms. The van der Waals surface area contributed by atoms with Gasteiger partial charge in [0.1, 0.15) is 19.8 Å². The minimum absolute atomic E-state index is 0.0256. The Morgan fingerprint density at radius 1 is 0.615 bits per heavy atom. The van der Waals surface area contributed by atoms with Crippen LogP contribution in [0.4, 0.5) is 0 Å². The van der Waals surface area contributed by atoms with Gasteiger partial charge < -0.3 is 18.9 Å². The number of rotatable bonds is 36. The average molecular weight is 755 g/mol. The zero-order chi connectivity index (χ0) is 38.6. The molecule has 0 aliphatic carbocycles. The largest absolute Gasteiger partial charge is 0.472 e. The van der Waals surface area contributed by atoms with Crippen molar-refractivity contribution in [2.45, 2.75) is 161 Å². The van der Waals surface area contributed by atoms with Gasteiger partial charge in [0.25, 0.3) is 0 Å². The number of unbranched alkanes of at least 4 members (excludes halogenated alkanes) is 14. The van der Waals surface area contributed by atoms with Crippen LogP contribution in [0.3, 0.4) is 0 Å². The summed E-state index contributed by atoms with van der Waals surface area (Å²) < 4.78 is 34.2. The molecule has 0 aliphatic heterocycles. The molecule has 0 heterocycles. The molecule has 0 radical (unpaired) electrons. The Morgan fingerprint density at radius 3 is 1.65 bits per heavy atom. The van der Waals surface area contributed by atoms with Crippen molar-refractivity contribution >= 4 is 19.8 Å². The summed E-state index contributed by atoms with van der Waals surface area (Å²) in [7, 11) is 1.45. The first-order chi connectivity index (χ1) is 25.0. The Hall–Kier alpha value is -2.03. The van der Waals surface area contributed by atoms with E-state index in [1.165, 1.54) is 32.1 Å². The van der Waals surface area contributed by atoms with Crippen LogP contribution in [0.15, 0.2) is 48.6 Å². The summed E-state index contributed by atoms with van der Waals surface area (Å²) in [5.41, 5.74) is 0. The van der Waals surface area contributed by atoms with Gasteiger partial charge in [0.05, 0.1) is 27.7 Å². The summed E-state index contributed by atoms with van der Waals surface area (Å²) in [5, 5.41) is 0. The number of nitrogens with zero attached hydrogens (tertiary/aromatic N) is 1. The van der Waals surface area contributed by atoms with Crippen molar-refractivity contribution in [3.63, 3.8) is 0 Å². The highest BCUT2D eigenvalue weighted by molar-refractivity contribution is 7.47. The molecule has 10 heteroatoms. The maximum atomic E-state index is 12.6. The van der Waals surface area contributed by atoms with Crippen molar-refractivity contribution in [2.24, 2.45) is 0 Å². The van der Waals surface area contributed by atoms with Crippen molar-refractivity contribution in [3.8, 4) is 0 Å². The highest BCUT2D eigenvalue weighted by Gasteiger charge is 2.27. The maximum absolute atomic E-state index is 12.6. The lowest BCUT2D eigenvalue weighted by molar-refractivity contribution is -0.870. The monoisotopic (exact) mass is 755 g/mol. The lowest BCUT2D eigenvalue weighted by Crippen LogP contribution is -2.37. The summed E-state index contributed by atoms with van der Waals surface area (Å²) >= 11 is 0. The predicted molar refractivity (Wildman–Crippen MR) is 215 cm³/mol. The van der Waals surface area contributed by atoms with Crippen molar-refractivity contribution in [3.05, 3.63) is 48.6 Å². The smallest absolute Gasteiger partial charge is 0.462 e. The number of quaternary nitrogens is 1. The van der Waals surface area contributed by atoms with E-state index in [0.29, 0.717) is 23.9 Å². The summed E-state index contributed by atoms with van der Waals surface area (Å²) in [4.78, 5) is 35.2. The molecule has 0 aliphatic rings. The first-order valence-corrected chi connectivity index (χ1v) is 21.9. The van der Waals surface area contributed by atoms with Gasteiger partial charge in [-0.25, -0.2) is 4.57 Å². The van der Waals surface area contributed by atoms with E-state index >= 15 is 0 Å². The molecule has 9 nitrogen and oxygen atoms in total. The van der Waals surface area contributed by atoms with Gasteiger partial charge >= 0.3 is 19.8 Å². The number of hydrogen-bond acceptors (Lipinski definition) is 7. The normalized spacial score (nSPS) is 14.2. The molecule has 2 atom stereocenters. The molecule has 0 saturated heterocycles. The van der Waals surface area contributed by atoms with Crippen LogP contribution < -0.4 is 0 Å². The van der Waals surface area contributed by atoms with E-state index in [1.807, 2.05) is 21.1 Å². The van der Waals surface area contributed by atoms with E-state index in [9.17, 15) is 19.0 Å². The molecule has 0 saturated carbocycles. The minimum Gasteiger partial charge on any atom is -0.462 e. The highest BCUT2D eigenvalue weighted by Crippen LogP contribution is 2.43. The third kappa shape index (κ3) is 37.7. The second-order valence-electron chi connectivity index (χ2n) is 14.6. The number of likely N-dealkylation sites (N-methyl/N-ethyl adjacent to an activating group) is 1. The van der Waals surface area contributed by atoms with Gasteiger partial charge in [0.2, 0.25) is 0 Å². The van der Waals surface area contributed by atoms with Crippen LogP contribution in [0.2, 0.25) is 0 Å². The number of carbonyl (C=O) groups excluding carboxylic acids is 2. The van der Waals surface area contributed by atoms with Gasteiger partial charge in [-0.05, 0) is 70.6 Å². The fraction of sp³-hybridized carbons (Fsp3) is 0.762. The van der Waals surface area contributed by atoms with E-state index < -0.39 is 26.5 Å². The molecular weight excluding hydrogens is 677 g/mol. The van der Waals surface area contributed by atoms with Gasteiger partial charge in [-0.1, -0.05) is 120 Å². The Kier molecular flexibility index (Phi) is 33.4. The molecule has 1 unspecified atom stereocenters. The molecular formula is C42H77NO8P+. The molecule has 0 aromatic rings. The number of ether oxygens (including phenoxy) is 2. The standard InChI is InChI=1S/C42H76NO8P/c1-6-8-10-12-14-16-18-20-21-23-24-26-28-30-32-34-41(44)48-38-40(39-50-52(46,47)49-37-36-43(3,4)5)51-42(45)35-33-31-29-27-25-22-19-17-15-13-11-9-7-2/h8,10,14,16-17,19-21,40H,6-7,9,11-13,15,18,22-39H2,1-5H3/p+1/b10-8+,16-14+,19-17+,21-20+/t40-/m1/s1. The van der Waals surface area contributed by atoms with E-state index in [2.05, 4.69) is 62.5 Å². The number of esters is 2. The number of hydrogen-bond donors (Lipinski definition) is 1. The number of allylic oxidation sites excluding steroid dienone is 8. The Labute approximate surface area is 318 Å². The molecule has 0 amide bonds. The molecule has 0 aromatic carbocycles. The van der Waals surface area contributed by atoms with Crippen LogP contribution in [0.1, 0.15) is 155 Å². The van der Waals surface area contributed by atoms with Crippen LogP contribution >= 0.6 is 7.82 Å². The second-order valence-corrected chi connectivity index (χ2v) is 16.1. The summed E-state index contributed by atoms with van der Waals surface area (Å²) in [5.74, 6) is -0.833. The minimum atomic E-state index is -4.38. The zero-order valence-corrected chi connectivity index (χ0v) is 34.7. The lowest BCUT2D eigenvalue weighted by Gasteiger charge is -2.24. The van der Waals surface area contributed by atoms with Crippen molar-refractivity contribution in [2.75, 3.05) is 47.5 Å². The van der Waals surface area contributed by atoms with E-state index in [-0.39, 0.29) is 32.0 Å². The van der Waals surface area contributed by atoms with E-state index in [4.69, 9.17) is 18.5 Å². The van der Waals surface area contributed by atoms with Crippen LogP contribution in [-0.4, -0.2) is 74.9 Å². The SMILES string of the molecule is CC/C=C/C/C=C/C/C=C/CCCCCCCC(=O)OC[C@H](COP(=O)(O)OCC[N+](C)(C)C)OC(=O)CCCCCCC/C=C/CCCCCC. The predicted octanol–water partition coefficient (Wildman–Crippen LogP) is 11.1. The van der Waals surface area contributed by atoms with Crippen LogP contribution in [0.5, 0.6) is 0 Å². The average Bonchev–Trinajstić information content (AvgIpc) is 3.09. The summed E-state index contributed by atoms with van der Waals surface area (Å²) in [6.45, 7) is 4.24. The topological polar surface area (TPSA) is 108 Å². The Bertz CT molecular complexity index is 1030. The third-order valence-electron chi connectivity index (χ3n) is 8.34. The fourth-order valence-corrected chi connectivity index (χ4v) is 5.88. The van der Waals surface area contributed by atoms with Gasteiger partial charge in [-0.3, -0.25) is 18.6 Å². The van der Waals surface area contributed by atoms with Gasteiger partial charge in [0.15, 0.2) is 6.10 Å². The van der Waals surface area contributed by atoms with Crippen LogP contribution in [0, 0.1) is 0 Å². The van der Waals surface area contributed by atoms with Gasteiger partial charge in [-0.15, -0.1) is 0 Å². The molecule has 1 N–H and O–H groups in total.